The third-order valence-electron chi connectivity index (χ3n) is 2.73. The van der Waals surface area contributed by atoms with Gasteiger partial charge in [0.05, 0.1) is 0 Å². The van der Waals surface area contributed by atoms with E-state index < -0.39 is 0 Å². The number of benzene rings is 2. The van der Waals surface area contributed by atoms with Crippen LogP contribution in [0.5, 0.6) is 0 Å². The molecular weight excluding hydrogens is 283 g/mol. The summed E-state index contributed by atoms with van der Waals surface area (Å²) in [6.07, 6.45) is 0. The number of halogens is 1. The normalized spacial score (nSPS) is 10.9. The van der Waals surface area contributed by atoms with E-state index in [-0.39, 0.29) is 0 Å². The fourth-order valence-corrected chi connectivity index (χ4v) is 2.15. The highest BCUT2D eigenvalue weighted by atomic mass is 127. The molecule has 0 saturated carbocycles. The largest absolute Gasteiger partial charge is 0.0512 e. The predicted octanol–water partition coefficient (Wildman–Crippen LogP) is 4.37. The molecule has 0 radical (unpaired) electrons. The van der Waals surface area contributed by atoms with E-state index in [0.29, 0.717) is 0 Å². The lowest BCUT2D eigenvalue weighted by Crippen LogP contribution is -1.85. The molecule has 1 heteroatoms. The minimum absolute atomic E-state index is 1.35. The van der Waals surface area contributed by atoms with Crippen molar-refractivity contribution in [1.82, 2.24) is 0 Å². The molecule has 2 rings (SSSR count). The topological polar surface area (TPSA) is 0 Å². The molecule has 0 aromatic heterocycles. The molecule has 0 nitrogen and oxygen atoms in total. The first-order valence-corrected chi connectivity index (χ1v) is 5.83. The summed E-state index contributed by atoms with van der Waals surface area (Å²) in [7, 11) is 0. The van der Waals surface area contributed by atoms with Gasteiger partial charge in [0.1, 0.15) is 0 Å². The van der Waals surface area contributed by atoms with Gasteiger partial charge in [0.2, 0.25) is 0 Å². The fraction of sp³-hybridized carbons (Fsp3) is 0.231. The smallest absolute Gasteiger partial charge is 0.0165 e. The Morgan fingerprint density at radius 1 is 0.714 bits per heavy atom. The van der Waals surface area contributed by atoms with Crippen LogP contribution in [0.15, 0.2) is 24.3 Å². The van der Waals surface area contributed by atoms with Gasteiger partial charge >= 0.3 is 0 Å². The minimum Gasteiger partial charge on any atom is -0.0512 e. The van der Waals surface area contributed by atoms with Crippen molar-refractivity contribution in [2.75, 3.05) is 0 Å². The van der Waals surface area contributed by atoms with Crippen molar-refractivity contribution < 1.29 is 0 Å². The van der Waals surface area contributed by atoms with Gasteiger partial charge in [-0.3, -0.25) is 0 Å². The lowest BCUT2D eigenvalue weighted by Gasteiger charge is -2.06. The Morgan fingerprint density at radius 2 is 1.14 bits per heavy atom. The number of aryl methyl sites for hydroxylation is 3. The van der Waals surface area contributed by atoms with E-state index >= 15 is 0 Å². The summed E-state index contributed by atoms with van der Waals surface area (Å²) in [5.74, 6) is 0. The molecule has 0 bridgehead atoms. The Hall–Kier alpha value is -0.570. The van der Waals surface area contributed by atoms with Gasteiger partial charge in [0.25, 0.3) is 0 Å². The summed E-state index contributed by atoms with van der Waals surface area (Å²) in [5, 5.41) is 2.70. The fourth-order valence-electron chi connectivity index (χ4n) is 1.66. The zero-order valence-electron chi connectivity index (χ0n) is 8.69. The molecule has 0 amide bonds. The highest BCUT2D eigenvalue weighted by Crippen LogP contribution is 2.24. The minimum atomic E-state index is 1.35. The molecule has 0 N–H and O–H groups in total. The maximum absolute atomic E-state index is 2.39. The Bertz CT molecular complexity index is 409. The monoisotopic (exact) mass is 296 g/mol. The second kappa shape index (κ2) is 3.54. The van der Waals surface area contributed by atoms with Gasteiger partial charge in [-0.15, -0.1) is 0 Å². The van der Waals surface area contributed by atoms with E-state index in [1.54, 1.807) is 0 Å². The van der Waals surface area contributed by atoms with Crippen LogP contribution in [0.3, 0.4) is 0 Å². The van der Waals surface area contributed by atoms with Crippen LogP contribution in [-0.2, 0) is 0 Å². The molecule has 0 saturated heterocycles. The highest BCUT2D eigenvalue weighted by molar-refractivity contribution is 14.1. The van der Waals surface area contributed by atoms with E-state index in [1.807, 2.05) is 0 Å². The van der Waals surface area contributed by atoms with Gasteiger partial charge in [-0.2, -0.15) is 0 Å². The van der Waals surface area contributed by atoms with E-state index in [0.717, 1.165) is 0 Å². The number of rotatable bonds is 0. The molecule has 0 aliphatic heterocycles. The first-order chi connectivity index (χ1) is 6.58. The van der Waals surface area contributed by atoms with E-state index in [2.05, 4.69) is 67.6 Å². The van der Waals surface area contributed by atoms with Crippen LogP contribution in [-0.4, -0.2) is 0 Å². The SMILES string of the molecule is Cc1cc2cc(C)c(I)cc2cc1C. The average molecular weight is 296 g/mol. The van der Waals surface area contributed by atoms with Crippen molar-refractivity contribution in [3.8, 4) is 0 Å². The van der Waals surface area contributed by atoms with Crippen molar-refractivity contribution in [1.29, 1.82) is 0 Å². The van der Waals surface area contributed by atoms with Gasteiger partial charge in [0, 0.05) is 3.57 Å². The molecule has 0 unspecified atom stereocenters. The van der Waals surface area contributed by atoms with Gasteiger partial charge in [-0.05, 0) is 76.9 Å². The average Bonchev–Trinajstić information content (AvgIpc) is 2.11. The summed E-state index contributed by atoms with van der Waals surface area (Å²) in [6.45, 7) is 6.50. The third-order valence-corrected chi connectivity index (χ3v) is 3.89. The maximum Gasteiger partial charge on any atom is 0.0165 e. The molecule has 0 atom stereocenters. The van der Waals surface area contributed by atoms with Gasteiger partial charge in [-0.25, -0.2) is 0 Å². The molecule has 2 aromatic rings. The van der Waals surface area contributed by atoms with Crippen molar-refractivity contribution in [2.24, 2.45) is 0 Å². The summed E-state index contributed by atoms with van der Waals surface area (Å²) in [6, 6.07) is 9.07. The second-order valence-electron chi connectivity index (χ2n) is 3.89. The van der Waals surface area contributed by atoms with Crippen LogP contribution in [0.2, 0.25) is 0 Å². The lowest BCUT2D eigenvalue weighted by atomic mass is 10.0. The van der Waals surface area contributed by atoms with E-state index in [1.165, 1.54) is 31.0 Å². The van der Waals surface area contributed by atoms with Crippen LogP contribution in [0.25, 0.3) is 10.8 Å². The number of hydrogen-bond donors (Lipinski definition) is 0. The van der Waals surface area contributed by atoms with Crippen LogP contribution in [0, 0.1) is 24.3 Å². The summed E-state index contributed by atoms with van der Waals surface area (Å²) < 4.78 is 1.35. The van der Waals surface area contributed by atoms with Crippen LogP contribution >= 0.6 is 22.6 Å². The second-order valence-corrected chi connectivity index (χ2v) is 5.05. The molecule has 2 aromatic carbocycles. The summed E-state index contributed by atoms with van der Waals surface area (Å²) in [4.78, 5) is 0. The van der Waals surface area contributed by atoms with Crippen molar-refractivity contribution in [3.05, 3.63) is 44.5 Å². The number of hydrogen-bond acceptors (Lipinski definition) is 0. The first-order valence-electron chi connectivity index (χ1n) is 4.75. The molecule has 0 heterocycles. The third kappa shape index (κ3) is 1.65. The molecule has 14 heavy (non-hydrogen) atoms. The Kier molecular flexibility index (Phi) is 2.52. The molecular formula is C13H13I. The van der Waals surface area contributed by atoms with E-state index in [4.69, 9.17) is 0 Å². The van der Waals surface area contributed by atoms with Gasteiger partial charge in [0.15, 0.2) is 0 Å². The molecule has 0 aliphatic carbocycles. The molecule has 0 fully saturated rings. The summed E-state index contributed by atoms with van der Waals surface area (Å²) >= 11 is 2.39. The Morgan fingerprint density at radius 3 is 1.71 bits per heavy atom. The quantitative estimate of drug-likeness (QED) is 0.633. The van der Waals surface area contributed by atoms with Crippen LogP contribution in [0.1, 0.15) is 16.7 Å². The molecule has 0 aliphatic rings. The van der Waals surface area contributed by atoms with Crippen molar-refractivity contribution >= 4 is 33.4 Å². The molecule has 72 valence electrons. The van der Waals surface area contributed by atoms with Gasteiger partial charge in [-0.1, -0.05) is 18.2 Å². The Labute approximate surface area is 98.5 Å². The van der Waals surface area contributed by atoms with Crippen molar-refractivity contribution in [3.63, 3.8) is 0 Å². The van der Waals surface area contributed by atoms with Gasteiger partial charge < -0.3 is 0 Å². The summed E-state index contributed by atoms with van der Waals surface area (Å²) in [5.41, 5.74) is 4.11. The zero-order valence-corrected chi connectivity index (χ0v) is 10.8. The zero-order chi connectivity index (χ0) is 10.3. The van der Waals surface area contributed by atoms with Crippen LogP contribution in [0.4, 0.5) is 0 Å². The Balaban J connectivity index is 2.83. The maximum atomic E-state index is 2.39. The van der Waals surface area contributed by atoms with E-state index in [9.17, 15) is 0 Å². The number of fused-ring (bicyclic) bond motifs is 1. The predicted molar refractivity (Wildman–Crippen MR) is 70.9 cm³/mol. The standard InChI is InChI=1S/C13H13I/c1-8-4-11-6-10(3)13(14)7-12(11)5-9(8)2/h4-7H,1-3H3. The highest BCUT2D eigenvalue weighted by Gasteiger charge is 2.01. The first kappa shape index (κ1) is 9.97. The molecule has 0 spiro atoms. The van der Waals surface area contributed by atoms with Crippen molar-refractivity contribution in [2.45, 2.75) is 20.8 Å². The van der Waals surface area contributed by atoms with Crippen LogP contribution < -0.4 is 0 Å². The lowest BCUT2D eigenvalue weighted by molar-refractivity contribution is 1.36.